The van der Waals surface area contributed by atoms with Crippen molar-refractivity contribution in [3.8, 4) is 6.07 Å². The molecule has 0 spiro atoms. The number of nitriles is 1. The molecule has 2 heteroatoms. The van der Waals surface area contributed by atoms with Crippen LogP contribution in [0.4, 0.5) is 0 Å². The Balaban J connectivity index is 2.06. The molecule has 2 aromatic carbocycles. The number of benzene rings is 2. The van der Waals surface area contributed by atoms with Gasteiger partial charge in [0.05, 0.1) is 12.5 Å². The first-order chi connectivity index (χ1) is 8.81. The summed E-state index contributed by atoms with van der Waals surface area (Å²) >= 11 is 0. The van der Waals surface area contributed by atoms with Crippen molar-refractivity contribution < 1.29 is 0 Å². The van der Waals surface area contributed by atoms with Crippen LogP contribution in [0.2, 0.25) is 0 Å². The lowest BCUT2D eigenvalue weighted by molar-refractivity contribution is 1.06. The summed E-state index contributed by atoms with van der Waals surface area (Å²) in [5.74, 6) is 0. The van der Waals surface area contributed by atoms with Gasteiger partial charge in [-0.05, 0) is 28.7 Å². The number of rotatable bonds is 4. The first-order valence-corrected chi connectivity index (χ1v) is 6.04. The molecule has 0 aliphatic carbocycles. The molecule has 2 nitrogen and oxygen atoms in total. The van der Waals surface area contributed by atoms with Crippen molar-refractivity contribution in [2.75, 3.05) is 0 Å². The van der Waals surface area contributed by atoms with Crippen LogP contribution < -0.4 is 5.73 Å². The van der Waals surface area contributed by atoms with Crippen molar-refractivity contribution in [2.24, 2.45) is 5.73 Å². The maximum Gasteiger partial charge on any atom is 0.0669 e. The van der Waals surface area contributed by atoms with Crippen molar-refractivity contribution in [2.45, 2.75) is 19.4 Å². The first-order valence-electron chi connectivity index (χ1n) is 6.04. The smallest absolute Gasteiger partial charge is 0.0669 e. The Bertz CT molecular complexity index is 533. The van der Waals surface area contributed by atoms with E-state index >= 15 is 0 Å². The van der Waals surface area contributed by atoms with Gasteiger partial charge in [0.25, 0.3) is 0 Å². The summed E-state index contributed by atoms with van der Waals surface area (Å²) in [6.45, 7) is 0.586. The minimum absolute atomic E-state index is 0.478. The van der Waals surface area contributed by atoms with E-state index in [0.29, 0.717) is 13.0 Å². The van der Waals surface area contributed by atoms with E-state index in [1.165, 1.54) is 11.1 Å². The van der Waals surface area contributed by atoms with Crippen LogP contribution in [0.25, 0.3) is 0 Å². The lowest BCUT2D eigenvalue weighted by atomic mass is 10.0. The molecule has 0 radical (unpaired) electrons. The molecule has 0 heterocycles. The topological polar surface area (TPSA) is 49.8 Å². The van der Waals surface area contributed by atoms with Gasteiger partial charge in [0.15, 0.2) is 0 Å². The summed E-state index contributed by atoms with van der Waals surface area (Å²) in [6, 6.07) is 18.7. The largest absolute Gasteiger partial charge is 0.326 e. The van der Waals surface area contributed by atoms with E-state index in [-0.39, 0.29) is 0 Å². The molecular weight excluding hydrogens is 220 g/mol. The van der Waals surface area contributed by atoms with Gasteiger partial charge < -0.3 is 5.73 Å². The Morgan fingerprint density at radius 3 is 1.67 bits per heavy atom. The van der Waals surface area contributed by atoms with Gasteiger partial charge in [0, 0.05) is 6.54 Å². The van der Waals surface area contributed by atoms with Crippen LogP contribution in [0.1, 0.15) is 22.3 Å². The first kappa shape index (κ1) is 12.3. The number of nitrogens with zero attached hydrogens (tertiary/aromatic N) is 1. The highest BCUT2D eigenvalue weighted by molar-refractivity contribution is 5.31. The maximum atomic E-state index is 8.61. The maximum absolute atomic E-state index is 8.61. The summed E-state index contributed by atoms with van der Waals surface area (Å²) in [5, 5.41) is 8.61. The molecule has 0 aliphatic heterocycles. The van der Waals surface area contributed by atoms with Gasteiger partial charge in [0.2, 0.25) is 0 Å². The van der Waals surface area contributed by atoms with Gasteiger partial charge in [-0.3, -0.25) is 0 Å². The molecule has 0 saturated carbocycles. The monoisotopic (exact) mass is 236 g/mol. The van der Waals surface area contributed by atoms with Crippen LogP contribution in [-0.4, -0.2) is 0 Å². The Labute approximate surface area is 108 Å². The molecule has 0 aromatic heterocycles. The highest BCUT2D eigenvalue weighted by Gasteiger charge is 1.98. The summed E-state index contributed by atoms with van der Waals surface area (Å²) in [6.07, 6.45) is 1.39. The molecule has 0 amide bonds. The van der Waals surface area contributed by atoms with Crippen LogP contribution >= 0.6 is 0 Å². The predicted molar refractivity (Wildman–Crippen MR) is 72.9 cm³/mol. The summed E-state index contributed by atoms with van der Waals surface area (Å²) in [5.41, 5.74) is 10.3. The van der Waals surface area contributed by atoms with E-state index in [2.05, 4.69) is 42.5 Å². The fourth-order valence-corrected chi connectivity index (χ4v) is 1.90. The molecule has 0 unspecified atom stereocenters. The molecular formula is C16H16N2. The standard InChI is InChI=1S/C16H16N2/c17-10-9-13-1-3-14(4-2-13)11-15-5-7-16(12-18)8-6-15/h1-8H,9,11-12,18H2. The number of hydrogen-bond donors (Lipinski definition) is 1. The molecule has 18 heavy (non-hydrogen) atoms. The molecule has 0 bridgehead atoms. The second-order valence-corrected chi connectivity index (χ2v) is 4.35. The third kappa shape index (κ3) is 3.19. The van der Waals surface area contributed by atoms with Gasteiger partial charge in [-0.25, -0.2) is 0 Å². The van der Waals surface area contributed by atoms with Crippen LogP contribution in [0.5, 0.6) is 0 Å². The van der Waals surface area contributed by atoms with E-state index < -0.39 is 0 Å². The summed E-state index contributed by atoms with van der Waals surface area (Å²) in [7, 11) is 0. The fraction of sp³-hybridized carbons (Fsp3) is 0.188. The van der Waals surface area contributed by atoms with Crippen molar-refractivity contribution in [1.29, 1.82) is 5.26 Å². The van der Waals surface area contributed by atoms with Gasteiger partial charge in [-0.15, -0.1) is 0 Å². The van der Waals surface area contributed by atoms with Gasteiger partial charge in [-0.2, -0.15) is 5.26 Å². The van der Waals surface area contributed by atoms with Crippen LogP contribution in [-0.2, 0) is 19.4 Å². The molecule has 0 fully saturated rings. The Kier molecular flexibility index (Phi) is 4.11. The van der Waals surface area contributed by atoms with E-state index in [0.717, 1.165) is 17.5 Å². The molecule has 90 valence electrons. The molecule has 0 atom stereocenters. The average molecular weight is 236 g/mol. The lowest BCUT2D eigenvalue weighted by Gasteiger charge is -2.04. The third-order valence-corrected chi connectivity index (χ3v) is 2.97. The number of hydrogen-bond acceptors (Lipinski definition) is 2. The zero-order chi connectivity index (χ0) is 12.8. The van der Waals surface area contributed by atoms with Crippen LogP contribution in [0.15, 0.2) is 48.5 Å². The zero-order valence-electron chi connectivity index (χ0n) is 10.3. The minimum atomic E-state index is 0.478. The molecule has 2 aromatic rings. The highest BCUT2D eigenvalue weighted by atomic mass is 14.5. The van der Waals surface area contributed by atoms with E-state index in [9.17, 15) is 0 Å². The highest BCUT2D eigenvalue weighted by Crippen LogP contribution is 2.12. The van der Waals surface area contributed by atoms with Crippen molar-refractivity contribution in [3.63, 3.8) is 0 Å². The van der Waals surface area contributed by atoms with Gasteiger partial charge in [-0.1, -0.05) is 48.5 Å². The van der Waals surface area contributed by atoms with Crippen LogP contribution in [0.3, 0.4) is 0 Å². The number of nitrogens with two attached hydrogens (primary N) is 1. The lowest BCUT2D eigenvalue weighted by Crippen LogP contribution is -1.96. The fourth-order valence-electron chi connectivity index (χ4n) is 1.90. The predicted octanol–water partition coefficient (Wildman–Crippen LogP) is 2.80. The molecule has 0 saturated heterocycles. The SMILES string of the molecule is N#CCc1ccc(Cc2ccc(CN)cc2)cc1. The Morgan fingerprint density at radius 1 is 0.778 bits per heavy atom. The van der Waals surface area contributed by atoms with Crippen LogP contribution in [0, 0.1) is 11.3 Å². The average Bonchev–Trinajstić information content (AvgIpc) is 2.42. The van der Waals surface area contributed by atoms with Crippen molar-refractivity contribution in [1.82, 2.24) is 0 Å². The molecule has 2 rings (SSSR count). The Morgan fingerprint density at radius 2 is 1.22 bits per heavy atom. The summed E-state index contributed by atoms with van der Waals surface area (Å²) < 4.78 is 0. The molecule has 2 N–H and O–H groups in total. The van der Waals surface area contributed by atoms with Crippen molar-refractivity contribution >= 4 is 0 Å². The van der Waals surface area contributed by atoms with Crippen molar-refractivity contribution in [3.05, 3.63) is 70.8 Å². The Hall–Kier alpha value is -2.11. The normalized spacial score (nSPS) is 10.0. The quantitative estimate of drug-likeness (QED) is 0.887. The minimum Gasteiger partial charge on any atom is -0.326 e. The summed E-state index contributed by atoms with van der Waals surface area (Å²) in [4.78, 5) is 0. The molecule has 0 aliphatic rings. The zero-order valence-corrected chi connectivity index (χ0v) is 10.3. The van der Waals surface area contributed by atoms with E-state index in [4.69, 9.17) is 11.0 Å². The second kappa shape index (κ2) is 6.00. The third-order valence-electron chi connectivity index (χ3n) is 2.97. The van der Waals surface area contributed by atoms with Gasteiger partial charge >= 0.3 is 0 Å². The van der Waals surface area contributed by atoms with Gasteiger partial charge in [0.1, 0.15) is 0 Å². The van der Waals surface area contributed by atoms with E-state index in [1.54, 1.807) is 0 Å². The van der Waals surface area contributed by atoms with E-state index in [1.807, 2.05) is 12.1 Å². The second-order valence-electron chi connectivity index (χ2n) is 4.35.